The lowest BCUT2D eigenvalue weighted by molar-refractivity contribution is -0.115. The minimum Gasteiger partial charge on any atom is -0.369 e. The first-order valence-electron chi connectivity index (χ1n) is 3.23. The van der Waals surface area contributed by atoms with Crippen LogP contribution in [0.1, 0.15) is 6.92 Å². The van der Waals surface area contributed by atoms with E-state index in [2.05, 4.69) is 0 Å². The number of rotatable bonds is 5. The van der Waals surface area contributed by atoms with Crippen LogP contribution in [-0.2, 0) is 4.79 Å². The van der Waals surface area contributed by atoms with E-state index in [1.807, 2.05) is 6.92 Å². The zero-order valence-corrected chi connectivity index (χ0v) is 6.99. The molecule has 0 aliphatic rings. The molecule has 0 aliphatic heterocycles. The van der Waals surface area contributed by atoms with Crippen molar-refractivity contribution in [3.63, 3.8) is 0 Å². The summed E-state index contributed by atoms with van der Waals surface area (Å²) < 4.78 is 0. The van der Waals surface area contributed by atoms with Crippen LogP contribution in [0, 0.1) is 5.92 Å². The Balaban J connectivity index is 3.11. The van der Waals surface area contributed by atoms with Crippen molar-refractivity contribution >= 4 is 17.7 Å². The fraction of sp³-hybridized carbons (Fsp3) is 0.833. The number of hydrogen-bond donors (Lipinski definition) is 2. The molecule has 0 aliphatic carbocycles. The van der Waals surface area contributed by atoms with E-state index in [9.17, 15) is 4.79 Å². The highest BCUT2D eigenvalue weighted by molar-refractivity contribution is 7.99. The van der Waals surface area contributed by atoms with E-state index in [1.54, 1.807) is 0 Å². The third-order valence-electron chi connectivity index (χ3n) is 1.05. The van der Waals surface area contributed by atoms with Crippen LogP contribution in [0.4, 0.5) is 0 Å². The predicted octanol–water partition coefficient (Wildman–Crippen LogP) is -0.200. The monoisotopic (exact) mass is 162 g/mol. The Hall–Kier alpha value is -0.220. The topological polar surface area (TPSA) is 69.1 Å². The van der Waals surface area contributed by atoms with Gasteiger partial charge in [0.25, 0.3) is 0 Å². The summed E-state index contributed by atoms with van der Waals surface area (Å²) in [5.41, 5.74) is 10.3. The Morgan fingerprint density at radius 3 is 2.70 bits per heavy atom. The van der Waals surface area contributed by atoms with Gasteiger partial charge >= 0.3 is 0 Å². The molecule has 0 saturated carbocycles. The first-order chi connectivity index (χ1) is 4.66. The fourth-order valence-corrected chi connectivity index (χ4v) is 1.29. The molecule has 0 aromatic carbocycles. The molecule has 0 bridgehead atoms. The molecule has 1 amide bonds. The van der Waals surface area contributed by atoms with Gasteiger partial charge in [-0.15, -0.1) is 0 Å². The molecule has 0 heterocycles. The molecule has 60 valence electrons. The number of hydrogen-bond acceptors (Lipinski definition) is 3. The number of primary amides is 1. The fourth-order valence-electron chi connectivity index (χ4n) is 0.429. The molecule has 10 heavy (non-hydrogen) atoms. The van der Waals surface area contributed by atoms with Crippen LogP contribution in [-0.4, -0.2) is 24.0 Å². The van der Waals surface area contributed by atoms with Gasteiger partial charge in [0.05, 0.1) is 5.75 Å². The minimum atomic E-state index is -0.255. The van der Waals surface area contributed by atoms with E-state index in [-0.39, 0.29) is 5.91 Å². The molecule has 1 atom stereocenters. The maximum absolute atomic E-state index is 10.2. The van der Waals surface area contributed by atoms with E-state index < -0.39 is 0 Å². The van der Waals surface area contributed by atoms with Crippen molar-refractivity contribution in [1.82, 2.24) is 0 Å². The summed E-state index contributed by atoms with van der Waals surface area (Å²) in [6.45, 7) is 2.72. The first kappa shape index (κ1) is 9.78. The van der Waals surface area contributed by atoms with E-state index in [0.717, 1.165) is 5.75 Å². The molecule has 0 rings (SSSR count). The Morgan fingerprint density at radius 1 is 1.70 bits per heavy atom. The van der Waals surface area contributed by atoms with Crippen molar-refractivity contribution in [2.45, 2.75) is 6.92 Å². The molecular formula is C6H14N2OS. The SMILES string of the molecule is CC(CN)CSCC(N)=O. The van der Waals surface area contributed by atoms with Gasteiger partial charge in [-0.1, -0.05) is 6.92 Å². The second kappa shape index (κ2) is 5.56. The Labute approximate surface area is 65.5 Å². The Bertz CT molecular complexity index is 108. The first-order valence-corrected chi connectivity index (χ1v) is 4.38. The third-order valence-corrected chi connectivity index (χ3v) is 2.34. The molecule has 0 aromatic rings. The maximum atomic E-state index is 10.2. The van der Waals surface area contributed by atoms with Crippen molar-refractivity contribution in [2.75, 3.05) is 18.1 Å². The summed E-state index contributed by atoms with van der Waals surface area (Å²) in [5, 5.41) is 0. The lowest BCUT2D eigenvalue weighted by Gasteiger charge is -2.05. The Kier molecular flexibility index (Phi) is 5.43. The van der Waals surface area contributed by atoms with Gasteiger partial charge in [-0.05, 0) is 18.2 Å². The van der Waals surface area contributed by atoms with Gasteiger partial charge in [0, 0.05) is 0 Å². The van der Waals surface area contributed by atoms with Crippen molar-refractivity contribution in [1.29, 1.82) is 0 Å². The quantitative estimate of drug-likeness (QED) is 0.588. The van der Waals surface area contributed by atoms with Gasteiger partial charge in [-0.25, -0.2) is 0 Å². The van der Waals surface area contributed by atoms with Crippen LogP contribution in [0.25, 0.3) is 0 Å². The van der Waals surface area contributed by atoms with E-state index in [0.29, 0.717) is 18.2 Å². The summed E-state index contributed by atoms with van der Waals surface area (Å²) in [6, 6.07) is 0. The van der Waals surface area contributed by atoms with Crippen molar-refractivity contribution in [3.8, 4) is 0 Å². The number of amides is 1. The van der Waals surface area contributed by atoms with Crippen LogP contribution in [0.15, 0.2) is 0 Å². The van der Waals surface area contributed by atoms with Crippen LogP contribution < -0.4 is 11.5 Å². The second-order valence-electron chi connectivity index (χ2n) is 2.32. The lowest BCUT2D eigenvalue weighted by Crippen LogP contribution is -2.17. The average molecular weight is 162 g/mol. The molecule has 4 N–H and O–H groups in total. The summed E-state index contributed by atoms with van der Waals surface area (Å²) in [5.74, 6) is 1.54. The van der Waals surface area contributed by atoms with E-state index >= 15 is 0 Å². The van der Waals surface area contributed by atoms with Crippen molar-refractivity contribution in [3.05, 3.63) is 0 Å². The highest BCUT2D eigenvalue weighted by Gasteiger charge is 1.99. The standard InChI is InChI=1S/C6H14N2OS/c1-5(2-7)3-10-4-6(8)9/h5H,2-4,7H2,1H3,(H2,8,9). The lowest BCUT2D eigenvalue weighted by atomic mass is 10.2. The van der Waals surface area contributed by atoms with Crippen molar-refractivity contribution < 1.29 is 4.79 Å². The van der Waals surface area contributed by atoms with Gasteiger partial charge in [0.15, 0.2) is 0 Å². The maximum Gasteiger partial charge on any atom is 0.227 e. The third kappa shape index (κ3) is 5.91. The zero-order chi connectivity index (χ0) is 7.98. The smallest absolute Gasteiger partial charge is 0.227 e. The van der Waals surface area contributed by atoms with Crippen LogP contribution in [0.2, 0.25) is 0 Å². The summed E-state index contributed by atoms with van der Waals surface area (Å²) in [4.78, 5) is 10.2. The van der Waals surface area contributed by atoms with Crippen molar-refractivity contribution in [2.24, 2.45) is 17.4 Å². The Morgan fingerprint density at radius 2 is 2.30 bits per heavy atom. The molecule has 4 heteroatoms. The molecule has 3 nitrogen and oxygen atoms in total. The molecule has 0 radical (unpaired) electrons. The van der Waals surface area contributed by atoms with Gasteiger partial charge in [-0.3, -0.25) is 4.79 Å². The number of carbonyl (C=O) groups is 1. The highest BCUT2D eigenvalue weighted by Crippen LogP contribution is 2.05. The summed E-state index contributed by atoms with van der Waals surface area (Å²) in [6.07, 6.45) is 0. The van der Waals surface area contributed by atoms with Crippen LogP contribution >= 0.6 is 11.8 Å². The van der Waals surface area contributed by atoms with E-state index in [1.165, 1.54) is 11.8 Å². The summed E-state index contributed by atoms with van der Waals surface area (Å²) >= 11 is 1.54. The highest BCUT2D eigenvalue weighted by atomic mass is 32.2. The van der Waals surface area contributed by atoms with Gasteiger partial charge in [0.2, 0.25) is 5.91 Å². The van der Waals surface area contributed by atoms with Gasteiger partial charge in [-0.2, -0.15) is 11.8 Å². The molecule has 0 fully saturated rings. The van der Waals surface area contributed by atoms with E-state index in [4.69, 9.17) is 11.5 Å². The number of nitrogens with two attached hydrogens (primary N) is 2. The molecule has 0 saturated heterocycles. The summed E-state index contributed by atoms with van der Waals surface area (Å²) in [7, 11) is 0. The normalized spacial score (nSPS) is 13.0. The molecular weight excluding hydrogens is 148 g/mol. The zero-order valence-electron chi connectivity index (χ0n) is 6.17. The van der Waals surface area contributed by atoms with Gasteiger partial charge in [0.1, 0.15) is 0 Å². The van der Waals surface area contributed by atoms with Crippen LogP contribution in [0.3, 0.4) is 0 Å². The molecule has 1 unspecified atom stereocenters. The predicted molar refractivity (Wildman–Crippen MR) is 44.7 cm³/mol. The number of thioether (sulfide) groups is 1. The van der Waals surface area contributed by atoms with Crippen LogP contribution in [0.5, 0.6) is 0 Å². The minimum absolute atomic E-state index is 0.255. The average Bonchev–Trinajstić information content (AvgIpc) is 1.87. The largest absolute Gasteiger partial charge is 0.369 e. The second-order valence-corrected chi connectivity index (χ2v) is 3.35. The molecule has 0 spiro atoms. The number of carbonyl (C=O) groups excluding carboxylic acids is 1. The van der Waals surface area contributed by atoms with Gasteiger partial charge < -0.3 is 11.5 Å². The molecule has 0 aromatic heterocycles.